The smallest absolute Gasteiger partial charge is 0.255 e. The predicted octanol–water partition coefficient (Wildman–Crippen LogP) is 4.93. The van der Waals surface area contributed by atoms with Crippen LogP contribution in [0.1, 0.15) is 34.0 Å². The van der Waals surface area contributed by atoms with E-state index >= 15 is 0 Å². The largest absolute Gasteiger partial charge is 0.425 e. The van der Waals surface area contributed by atoms with Crippen molar-refractivity contribution in [3.63, 3.8) is 0 Å². The van der Waals surface area contributed by atoms with Crippen molar-refractivity contribution in [1.29, 1.82) is 10.8 Å². The van der Waals surface area contributed by atoms with Crippen LogP contribution in [0.15, 0.2) is 73.2 Å². The highest BCUT2D eigenvalue weighted by Crippen LogP contribution is 2.25. The van der Waals surface area contributed by atoms with Gasteiger partial charge in [0.05, 0.1) is 11.3 Å². The number of aryl methyl sites for hydroxylation is 1. The number of rotatable bonds is 8. The molecule has 0 spiro atoms. The minimum absolute atomic E-state index is 0.0765. The molecule has 2 aromatic heterocycles. The van der Waals surface area contributed by atoms with Gasteiger partial charge in [-0.15, -0.1) is 0 Å². The minimum atomic E-state index is -0.181. The maximum absolute atomic E-state index is 13.0. The third-order valence-corrected chi connectivity index (χ3v) is 7.17. The Morgan fingerprint density at radius 3 is 2.49 bits per heavy atom. The van der Waals surface area contributed by atoms with Crippen molar-refractivity contribution in [2.24, 2.45) is 0 Å². The van der Waals surface area contributed by atoms with Crippen LogP contribution in [0.5, 0.6) is 0 Å². The van der Waals surface area contributed by atoms with Crippen LogP contribution in [0.4, 0.5) is 17.3 Å². The van der Waals surface area contributed by atoms with E-state index in [1.807, 2.05) is 49.4 Å². The maximum Gasteiger partial charge on any atom is 0.255 e. The summed E-state index contributed by atoms with van der Waals surface area (Å²) in [5.74, 6) is -0.0518. The number of ether oxygens (including phenoxy) is 1. The molecule has 0 radical (unpaired) electrons. The van der Waals surface area contributed by atoms with E-state index in [1.165, 1.54) is 18.7 Å². The molecule has 0 saturated carbocycles. The summed E-state index contributed by atoms with van der Waals surface area (Å²) in [4.78, 5) is 31.0. The Hall–Kier alpha value is -5.00. The summed E-state index contributed by atoms with van der Waals surface area (Å²) in [6.07, 6.45) is 4.77. The van der Waals surface area contributed by atoms with E-state index in [1.54, 1.807) is 24.5 Å². The number of carbonyl (C=O) groups excluding carboxylic acids is 1. The Kier molecular flexibility index (Phi) is 9.14. The van der Waals surface area contributed by atoms with Crippen LogP contribution in [0.25, 0.3) is 11.3 Å². The first-order chi connectivity index (χ1) is 20.7. The fraction of sp³-hybridized carbons (Fsp3) is 0.250. The number of aromatic nitrogens is 3. The zero-order chi connectivity index (χ0) is 30.3. The Balaban J connectivity index is 1.25. The molecule has 11 heteroatoms. The quantitative estimate of drug-likeness (QED) is 0.171. The highest BCUT2D eigenvalue weighted by atomic mass is 16.5. The average molecular weight is 578 g/mol. The highest BCUT2D eigenvalue weighted by molar-refractivity contribution is 6.04. The molecule has 1 aliphatic rings. The molecule has 0 bridgehead atoms. The van der Waals surface area contributed by atoms with E-state index in [-0.39, 0.29) is 17.7 Å². The lowest BCUT2D eigenvalue weighted by Gasteiger charge is -2.32. The zero-order valence-corrected chi connectivity index (χ0v) is 24.5. The standard InChI is InChI=1S/C32H35N9O2/c1-21-4-9-27(37-31(42)24-7-5-23(6-8-24)20-41-14-12-40(3)13-15-41)17-29(21)39-32-36-11-10-28(38-32)25-16-26(19-35-18-25)30(34)43-22(2)33/h4-11,16-19,33-34H,12-15,20H2,1-3H3,(H,37,42)(H,36,38,39). The van der Waals surface area contributed by atoms with Crippen LogP contribution in [0, 0.1) is 17.7 Å². The molecule has 0 unspecified atom stereocenters. The van der Waals surface area contributed by atoms with E-state index < -0.39 is 0 Å². The first kappa shape index (κ1) is 29.5. The molecular weight excluding hydrogens is 542 g/mol. The van der Waals surface area contributed by atoms with Gasteiger partial charge >= 0.3 is 0 Å². The summed E-state index contributed by atoms with van der Waals surface area (Å²) >= 11 is 0. The maximum atomic E-state index is 13.0. The number of amides is 1. The molecule has 1 saturated heterocycles. The predicted molar refractivity (Wildman–Crippen MR) is 168 cm³/mol. The van der Waals surface area contributed by atoms with Gasteiger partial charge in [-0.25, -0.2) is 9.97 Å². The van der Waals surface area contributed by atoms with Crippen molar-refractivity contribution < 1.29 is 9.53 Å². The molecule has 1 amide bonds. The van der Waals surface area contributed by atoms with Crippen molar-refractivity contribution in [3.05, 3.63) is 95.4 Å². The molecule has 0 aliphatic carbocycles. The molecule has 1 fully saturated rings. The molecule has 11 nitrogen and oxygen atoms in total. The molecule has 1 aliphatic heterocycles. The van der Waals surface area contributed by atoms with Gasteiger partial charge in [0, 0.05) is 80.7 Å². The summed E-state index contributed by atoms with van der Waals surface area (Å²) in [6.45, 7) is 8.56. The lowest BCUT2D eigenvalue weighted by Crippen LogP contribution is -2.43. The van der Waals surface area contributed by atoms with Gasteiger partial charge in [-0.2, -0.15) is 0 Å². The lowest BCUT2D eigenvalue weighted by atomic mass is 10.1. The van der Waals surface area contributed by atoms with Gasteiger partial charge < -0.3 is 20.3 Å². The van der Waals surface area contributed by atoms with Gasteiger partial charge in [0.25, 0.3) is 5.91 Å². The van der Waals surface area contributed by atoms with E-state index in [4.69, 9.17) is 15.6 Å². The highest BCUT2D eigenvalue weighted by Gasteiger charge is 2.15. The topological polar surface area (TPSA) is 143 Å². The average Bonchev–Trinajstić information content (AvgIpc) is 3.00. The van der Waals surface area contributed by atoms with E-state index in [0.29, 0.717) is 34.0 Å². The van der Waals surface area contributed by atoms with Crippen LogP contribution in [0.3, 0.4) is 0 Å². The number of pyridine rings is 1. The van der Waals surface area contributed by atoms with E-state index in [9.17, 15) is 4.79 Å². The van der Waals surface area contributed by atoms with Crippen LogP contribution < -0.4 is 10.6 Å². The second-order valence-corrected chi connectivity index (χ2v) is 10.6. The minimum Gasteiger partial charge on any atom is -0.425 e. The van der Waals surface area contributed by atoms with Crippen LogP contribution in [-0.2, 0) is 11.3 Å². The monoisotopic (exact) mass is 577 g/mol. The lowest BCUT2D eigenvalue weighted by molar-refractivity contribution is 0.102. The number of benzene rings is 2. The molecule has 4 aromatic rings. The molecule has 2 aromatic carbocycles. The first-order valence-electron chi connectivity index (χ1n) is 14.0. The van der Waals surface area contributed by atoms with E-state index in [0.717, 1.165) is 44.0 Å². The molecule has 4 N–H and O–H groups in total. The number of nitrogens with one attached hydrogen (secondary N) is 4. The summed E-state index contributed by atoms with van der Waals surface area (Å²) in [5.41, 5.74) is 5.85. The second kappa shape index (κ2) is 13.3. The van der Waals surface area contributed by atoms with Crippen molar-refractivity contribution >= 4 is 35.0 Å². The SMILES string of the molecule is CC(=N)OC(=N)c1cncc(-c2ccnc(Nc3cc(NC(=O)c4ccc(CN5CCN(C)CC5)cc4)ccc3C)n2)c1. The van der Waals surface area contributed by atoms with Crippen molar-refractivity contribution in [3.8, 4) is 11.3 Å². The molecule has 43 heavy (non-hydrogen) atoms. The fourth-order valence-corrected chi connectivity index (χ4v) is 4.68. The van der Waals surface area contributed by atoms with Crippen molar-refractivity contribution in [1.82, 2.24) is 24.8 Å². The van der Waals surface area contributed by atoms with Gasteiger partial charge in [0.1, 0.15) is 0 Å². The third-order valence-electron chi connectivity index (χ3n) is 7.17. The van der Waals surface area contributed by atoms with Crippen molar-refractivity contribution in [2.75, 3.05) is 43.9 Å². The van der Waals surface area contributed by atoms with E-state index in [2.05, 4.69) is 42.4 Å². The van der Waals surface area contributed by atoms with Crippen LogP contribution in [-0.4, -0.2) is 75.7 Å². The summed E-state index contributed by atoms with van der Waals surface area (Å²) in [6, 6.07) is 16.9. The normalized spacial score (nSPS) is 13.7. The number of nitrogens with zero attached hydrogens (tertiary/aromatic N) is 5. The van der Waals surface area contributed by atoms with Crippen molar-refractivity contribution in [2.45, 2.75) is 20.4 Å². The second-order valence-electron chi connectivity index (χ2n) is 10.6. The molecule has 220 valence electrons. The Morgan fingerprint density at radius 1 is 0.977 bits per heavy atom. The molecular formula is C32H35N9O2. The van der Waals surface area contributed by atoms with Gasteiger partial charge in [-0.05, 0) is 61.5 Å². The summed E-state index contributed by atoms with van der Waals surface area (Å²) in [7, 11) is 2.15. The Labute approximate surface area is 251 Å². The molecule has 3 heterocycles. The number of carbonyl (C=O) groups is 1. The number of hydrogen-bond acceptors (Lipinski definition) is 10. The van der Waals surface area contributed by atoms with Gasteiger partial charge in [0.15, 0.2) is 5.90 Å². The number of hydrogen-bond donors (Lipinski definition) is 4. The van der Waals surface area contributed by atoms with Gasteiger partial charge in [-0.3, -0.25) is 25.5 Å². The Bertz CT molecular complexity index is 1630. The van der Waals surface area contributed by atoms with Gasteiger partial charge in [0.2, 0.25) is 11.8 Å². The number of anilines is 3. The number of piperazine rings is 1. The Morgan fingerprint density at radius 2 is 1.74 bits per heavy atom. The third kappa shape index (κ3) is 7.85. The van der Waals surface area contributed by atoms with Crippen LogP contribution >= 0.6 is 0 Å². The number of likely N-dealkylation sites (N-methyl/N-ethyl adjacent to an activating group) is 1. The summed E-state index contributed by atoms with van der Waals surface area (Å²) < 4.78 is 5.09. The summed E-state index contributed by atoms with van der Waals surface area (Å²) in [5, 5.41) is 21.7. The zero-order valence-electron chi connectivity index (χ0n) is 24.5. The van der Waals surface area contributed by atoms with Gasteiger partial charge in [-0.1, -0.05) is 18.2 Å². The first-order valence-corrected chi connectivity index (χ1v) is 14.0. The molecule has 5 rings (SSSR count). The van der Waals surface area contributed by atoms with Crippen LogP contribution in [0.2, 0.25) is 0 Å². The molecule has 0 atom stereocenters. The fourth-order valence-electron chi connectivity index (χ4n) is 4.68.